The molecule has 20 heavy (non-hydrogen) atoms. The van der Waals surface area contributed by atoms with Crippen molar-refractivity contribution >= 4 is 17.5 Å². The van der Waals surface area contributed by atoms with Crippen LogP contribution in [-0.2, 0) is 0 Å². The molecule has 0 saturated carbocycles. The van der Waals surface area contributed by atoms with Crippen LogP contribution in [0.1, 0.15) is 27.9 Å². The summed E-state index contributed by atoms with van der Waals surface area (Å²) in [5, 5.41) is 12.3. The average molecular weight is 292 g/mol. The molecule has 1 unspecified atom stereocenters. The summed E-state index contributed by atoms with van der Waals surface area (Å²) in [6.07, 6.45) is 1.38. The van der Waals surface area contributed by atoms with Gasteiger partial charge in [0, 0.05) is 0 Å². The normalized spacial score (nSPS) is 11.9. The van der Waals surface area contributed by atoms with Crippen LogP contribution in [0.15, 0.2) is 36.5 Å². The molecule has 1 atom stereocenters. The molecule has 0 radical (unpaired) electrons. The maximum atomic E-state index is 12.2. The van der Waals surface area contributed by atoms with Crippen LogP contribution in [0.3, 0.4) is 0 Å². The molecular weight excluding hydrogens is 278 g/mol. The monoisotopic (exact) mass is 291 g/mol. The van der Waals surface area contributed by atoms with Crippen molar-refractivity contribution in [1.82, 2.24) is 15.3 Å². The van der Waals surface area contributed by atoms with Gasteiger partial charge in [-0.25, -0.2) is 9.97 Å². The smallest absolute Gasteiger partial charge is 0.272 e. The fraction of sp³-hybridized carbons (Fsp3) is 0.214. The molecule has 1 heterocycles. The highest BCUT2D eigenvalue weighted by Gasteiger charge is 2.18. The van der Waals surface area contributed by atoms with Crippen LogP contribution < -0.4 is 5.32 Å². The molecule has 2 N–H and O–H groups in total. The van der Waals surface area contributed by atoms with E-state index < -0.39 is 11.9 Å². The molecule has 0 fully saturated rings. The summed E-state index contributed by atoms with van der Waals surface area (Å²) in [4.78, 5) is 20.1. The minimum Gasteiger partial charge on any atom is -0.394 e. The Morgan fingerprint density at radius 1 is 1.40 bits per heavy atom. The molecule has 0 aliphatic carbocycles. The number of amides is 1. The molecule has 1 aromatic heterocycles. The Kier molecular flexibility index (Phi) is 4.65. The van der Waals surface area contributed by atoms with Crippen LogP contribution in [0.5, 0.6) is 0 Å². The number of nitrogens with one attached hydrogen (secondary N) is 1. The summed E-state index contributed by atoms with van der Waals surface area (Å²) in [6, 6.07) is 8.69. The quantitative estimate of drug-likeness (QED) is 0.902. The standard InChI is InChI=1S/C14H14ClN3O2/c1-9-16-7-11(15)13(17-9)14(20)18-12(8-19)10-5-3-2-4-6-10/h2-7,12,19H,8H2,1H3,(H,18,20). The molecule has 0 aliphatic rings. The SMILES string of the molecule is Cc1ncc(Cl)c(C(=O)NC(CO)c2ccccc2)n1. The predicted octanol–water partition coefficient (Wildman–Crippen LogP) is 1.90. The average Bonchev–Trinajstić information content (AvgIpc) is 2.48. The molecule has 1 aromatic carbocycles. The van der Waals surface area contributed by atoms with Crippen molar-refractivity contribution in [3.8, 4) is 0 Å². The van der Waals surface area contributed by atoms with Crippen LogP contribution in [0, 0.1) is 6.92 Å². The molecule has 0 aliphatic heterocycles. The number of aliphatic hydroxyl groups excluding tert-OH is 1. The van der Waals surface area contributed by atoms with Gasteiger partial charge in [-0.3, -0.25) is 4.79 Å². The molecule has 0 bridgehead atoms. The van der Waals surface area contributed by atoms with Crippen LogP contribution in [0.2, 0.25) is 5.02 Å². The van der Waals surface area contributed by atoms with Gasteiger partial charge in [-0.2, -0.15) is 0 Å². The van der Waals surface area contributed by atoms with Crippen LogP contribution in [0.25, 0.3) is 0 Å². The Morgan fingerprint density at radius 3 is 2.75 bits per heavy atom. The van der Waals surface area contributed by atoms with Gasteiger partial charge in [0.15, 0.2) is 0 Å². The van der Waals surface area contributed by atoms with E-state index >= 15 is 0 Å². The third-order valence-electron chi connectivity index (χ3n) is 2.77. The number of halogens is 1. The summed E-state index contributed by atoms with van der Waals surface area (Å²) in [5.41, 5.74) is 0.916. The van der Waals surface area contributed by atoms with Crippen LogP contribution in [0.4, 0.5) is 0 Å². The van der Waals surface area contributed by atoms with Crippen molar-refractivity contribution in [3.63, 3.8) is 0 Å². The van der Waals surface area contributed by atoms with Gasteiger partial charge in [-0.15, -0.1) is 0 Å². The number of aliphatic hydroxyl groups is 1. The number of aromatic nitrogens is 2. The van der Waals surface area contributed by atoms with Gasteiger partial charge in [-0.05, 0) is 12.5 Å². The lowest BCUT2D eigenvalue weighted by atomic mass is 10.1. The number of carbonyl (C=O) groups excluding carboxylic acids is 1. The van der Waals surface area contributed by atoms with Crippen molar-refractivity contribution in [2.24, 2.45) is 0 Å². The molecule has 6 heteroatoms. The maximum Gasteiger partial charge on any atom is 0.272 e. The minimum atomic E-state index is -0.505. The second-order valence-electron chi connectivity index (χ2n) is 4.23. The summed E-state index contributed by atoms with van der Waals surface area (Å²) in [6.45, 7) is 1.46. The van der Waals surface area contributed by atoms with Crippen molar-refractivity contribution in [1.29, 1.82) is 0 Å². The zero-order valence-electron chi connectivity index (χ0n) is 10.9. The highest BCUT2D eigenvalue weighted by molar-refractivity contribution is 6.33. The summed E-state index contributed by atoms with van der Waals surface area (Å²) in [7, 11) is 0. The van der Waals surface area contributed by atoms with E-state index in [2.05, 4.69) is 15.3 Å². The van der Waals surface area contributed by atoms with Crippen LogP contribution >= 0.6 is 11.6 Å². The van der Waals surface area contributed by atoms with Gasteiger partial charge in [0.1, 0.15) is 11.5 Å². The topological polar surface area (TPSA) is 75.1 Å². The first kappa shape index (κ1) is 14.4. The summed E-state index contributed by atoms with van der Waals surface area (Å²) >= 11 is 5.92. The number of benzene rings is 1. The van der Waals surface area contributed by atoms with E-state index in [-0.39, 0.29) is 17.3 Å². The van der Waals surface area contributed by atoms with E-state index in [1.54, 1.807) is 6.92 Å². The highest BCUT2D eigenvalue weighted by atomic mass is 35.5. The maximum absolute atomic E-state index is 12.2. The molecule has 2 rings (SSSR count). The molecule has 0 saturated heterocycles. The van der Waals surface area contributed by atoms with Crippen molar-refractivity contribution in [2.75, 3.05) is 6.61 Å². The van der Waals surface area contributed by atoms with Crippen LogP contribution in [-0.4, -0.2) is 27.6 Å². The number of rotatable bonds is 4. The van der Waals surface area contributed by atoms with E-state index in [1.165, 1.54) is 6.20 Å². The molecule has 2 aromatic rings. The predicted molar refractivity (Wildman–Crippen MR) is 75.5 cm³/mol. The van der Waals surface area contributed by atoms with E-state index in [0.717, 1.165) is 5.56 Å². The third kappa shape index (κ3) is 3.31. The van der Waals surface area contributed by atoms with Crippen molar-refractivity contribution < 1.29 is 9.90 Å². The first-order valence-electron chi connectivity index (χ1n) is 6.07. The first-order chi connectivity index (χ1) is 9.61. The van der Waals surface area contributed by atoms with Gasteiger partial charge in [0.05, 0.1) is 23.9 Å². The molecule has 5 nitrogen and oxygen atoms in total. The Balaban J connectivity index is 2.20. The van der Waals surface area contributed by atoms with Gasteiger partial charge in [0.25, 0.3) is 5.91 Å². The fourth-order valence-electron chi connectivity index (χ4n) is 1.76. The largest absolute Gasteiger partial charge is 0.394 e. The third-order valence-corrected chi connectivity index (χ3v) is 3.05. The lowest BCUT2D eigenvalue weighted by molar-refractivity contribution is 0.0911. The van der Waals surface area contributed by atoms with Crippen molar-refractivity contribution in [3.05, 3.63) is 58.6 Å². The molecule has 104 valence electrons. The number of hydrogen-bond acceptors (Lipinski definition) is 4. The van der Waals surface area contributed by atoms with E-state index in [9.17, 15) is 9.90 Å². The number of nitrogens with zero attached hydrogens (tertiary/aromatic N) is 2. The van der Waals surface area contributed by atoms with Gasteiger partial charge >= 0.3 is 0 Å². The zero-order valence-corrected chi connectivity index (χ0v) is 11.6. The fourth-order valence-corrected chi connectivity index (χ4v) is 1.94. The van der Waals surface area contributed by atoms with Gasteiger partial charge < -0.3 is 10.4 Å². The molecular formula is C14H14ClN3O2. The lowest BCUT2D eigenvalue weighted by Gasteiger charge is -2.16. The number of aryl methyl sites for hydroxylation is 1. The highest BCUT2D eigenvalue weighted by Crippen LogP contribution is 2.16. The van der Waals surface area contributed by atoms with Gasteiger partial charge in [0.2, 0.25) is 0 Å². The van der Waals surface area contributed by atoms with Gasteiger partial charge in [-0.1, -0.05) is 41.9 Å². The number of hydrogen-bond donors (Lipinski definition) is 2. The Labute approximate surface area is 121 Å². The van der Waals surface area contributed by atoms with E-state index in [1.807, 2.05) is 30.3 Å². The van der Waals surface area contributed by atoms with E-state index in [0.29, 0.717) is 5.82 Å². The zero-order chi connectivity index (χ0) is 14.5. The number of carbonyl (C=O) groups is 1. The summed E-state index contributed by atoms with van der Waals surface area (Å²) < 4.78 is 0. The second kappa shape index (κ2) is 6.45. The molecule has 0 spiro atoms. The Hall–Kier alpha value is -1.98. The summed E-state index contributed by atoms with van der Waals surface area (Å²) in [5.74, 6) is 0.0169. The van der Waals surface area contributed by atoms with Crippen molar-refractivity contribution in [2.45, 2.75) is 13.0 Å². The Morgan fingerprint density at radius 2 is 2.10 bits per heavy atom. The lowest BCUT2D eigenvalue weighted by Crippen LogP contribution is -2.31. The molecule has 1 amide bonds. The first-order valence-corrected chi connectivity index (χ1v) is 6.45. The minimum absolute atomic E-state index is 0.105. The van der Waals surface area contributed by atoms with E-state index in [4.69, 9.17) is 11.6 Å². The second-order valence-corrected chi connectivity index (χ2v) is 4.64. The Bertz CT molecular complexity index is 605.